The number of rotatable bonds is 2. The normalized spacial score (nSPS) is 11.4. The molecule has 1 N–H and O–H groups in total. The number of aromatic amines is 1. The highest BCUT2D eigenvalue weighted by Crippen LogP contribution is 2.36. The number of fused-ring (bicyclic) bond motifs is 2. The molecule has 0 aliphatic rings. The number of hydrogen-bond donors (Lipinski definition) is 1. The third-order valence-electron chi connectivity index (χ3n) is 4.34. The van der Waals surface area contributed by atoms with Crippen LogP contribution in [0.4, 0.5) is 4.39 Å². The SMILES string of the molecule is O=c1ccc2nc(-c3cc(Cl)c4ncsc4c3)c(-c3ccc(F)cc3)nc2[nH]1. The fourth-order valence-corrected chi connectivity index (χ4v) is 4.11. The molecule has 0 atom stereocenters. The first-order valence-electron chi connectivity index (χ1n) is 8.28. The van der Waals surface area contributed by atoms with Gasteiger partial charge in [-0.15, -0.1) is 11.3 Å². The molecular formula is C20H10ClFN4OS. The number of pyridine rings is 1. The van der Waals surface area contributed by atoms with Gasteiger partial charge < -0.3 is 4.98 Å². The maximum absolute atomic E-state index is 13.4. The van der Waals surface area contributed by atoms with Crippen molar-refractivity contribution in [3.8, 4) is 22.5 Å². The molecule has 0 spiro atoms. The van der Waals surface area contributed by atoms with E-state index in [1.54, 1.807) is 29.8 Å². The Balaban J connectivity index is 1.84. The molecule has 0 aliphatic heterocycles. The summed E-state index contributed by atoms with van der Waals surface area (Å²) in [4.78, 5) is 28.0. The highest BCUT2D eigenvalue weighted by Gasteiger charge is 2.16. The summed E-state index contributed by atoms with van der Waals surface area (Å²) >= 11 is 7.89. The number of aromatic nitrogens is 4. The average Bonchev–Trinajstić information content (AvgIpc) is 3.17. The Bertz CT molecular complexity index is 1410. The zero-order chi connectivity index (χ0) is 19.3. The molecular weight excluding hydrogens is 399 g/mol. The van der Waals surface area contributed by atoms with E-state index in [0.29, 0.717) is 33.1 Å². The van der Waals surface area contributed by atoms with Crippen molar-refractivity contribution in [3.05, 3.63) is 75.2 Å². The lowest BCUT2D eigenvalue weighted by Crippen LogP contribution is -2.06. The van der Waals surface area contributed by atoms with Gasteiger partial charge in [-0.05, 0) is 42.5 Å². The number of nitrogens with zero attached hydrogens (tertiary/aromatic N) is 3. The van der Waals surface area contributed by atoms with E-state index in [2.05, 4.69) is 15.0 Å². The summed E-state index contributed by atoms with van der Waals surface area (Å²) in [5, 5.41) is 0.516. The third kappa shape index (κ3) is 2.85. The summed E-state index contributed by atoms with van der Waals surface area (Å²) in [6.45, 7) is 0. The van der Waals surface area contributed by atoms with Gasteiger partial charge in [0.05, 0.1) is 32.1 Å². The van der Waals surface area contributed by atoms with Crippen LogP contribution < -0.4 is 5.56 Å². The molecule has 3 aromatic heterocycles. The second-order valence-electron chi connectivity index (χ2n) is 6.14. The van der Waals surface area contributed by atoms with Gasteiger partial charge in [0, 0.05) is 17.2 Å². The Morgan fingerprint density at radius 3 is 2.57 bits per heavy atom. The van der Waals surface area contributed by atoms with Gasteiger partial charge in [0.1, 0.15) is 11.3 Å². The second-order valence-corrected chi connectivity index (χ2v) is 7.43. The minimum absolute atomic E-state index is 0.270. The molecule has 0 saturated carbocycles. The maximum atomic E-state index is 13.4. The molecule has 5 aromatic rings. The molecule has 2 aromatic carbocycles. The van der Waals surface area contributed by atoms with Gasteiger partial charge in [0.2, 0.25) is 5.56 Å². The molecule has 5 nitrogen and oxygen atoms in total. The van der Waals surface area contributed by atoms with Crippen LogP contribution in [-0.2, 0) is 0 Å². The fraction of sp³-hybridized carbons (Fsp3) is 0. The Labute approximate surface area is 166 Å². The molecule has 8 heteroatoms. The molecule has 0 radical (unpaired) electrons. The highest BCUT2D eigenvalue weighted by molar-refractivity contribution is 7.16. The van der Waals surface area contributed by atoms with Crippen LogP contribution in [0, 0.1) is 5.82 Å². The van der Waals surface area contributed by atoms with E-state index < -0.39 is 0 Å². The van der Waals surface area contributed by atoms with Crippen molar-refractivity contribution in [2.45, 2.75) is 0 Å². The lowest BCUT2D eigenvalue weighted by Gasteiger charge is -2.11. The number of benzene rings is 2. The summed E-state index contributed by atoms with van der Waals surface area (Å²) in [5.41, 5.74) is 5.65. The Morgan fingerprint density at radius 1 is 0.964 bits per heavy atom. The Hall–Kier alpha value is -3.16. The van der Waals surface area contributed by atoms with E-state index in [1.807, 2.05) is 6.07 Å². The summed E-state index contributed by atoms with van der Waals surface area (Å²) in [5.74, 6) is -0.346. The van der Waals surface area contributed by atoms with Crippen LogP contribution in [0.1, 0.15) is 0 Å². The zero-order valence-electron chi connectivity index (χ0n) is 14.1. The number of nitrogens with one attached hydrogen (secondary N) is 1. The lowest BCUT2D eigenvalue weighted by atomic mass is 10.0. The Morgan fingerprint density at radius 2 is 1.75 bits per heavy atom. The van der Waals surface area contributed by atoms with Gasteiger partial charge in [-0.25, -0.2) is 19.3 Å². The summed E-state index contributed by atoms with van der Waals surface area (Å²) in [7, 11) is 0. The van der Waals surface area contributed by atoms with Crippen molar-refractivity contribution >= 4 is 44.3 Å². The van der Waals surface area contributed by atoms with Crippen LogP contribution in [0.3, 0.4) is 0 Å². The summed E-state index contributed by atoms with van der Waals surface area (Å²) < 4.78 is 14.3. The Kier molecular flexibility index (Phi) is 3.92. The first-order chi connectivity index (χ1) is 13.6. The molecule has 136 valence electrons. The van der Waals surface area contributed by atoms with Crippen molar-refractivity contribution in [2.24, 2.45) is 0 Å². The molecule has 0 saturated heterocycles. The number of hydrogen-bond acceptors (Lipinski definition) is 5. The summed E-state index contributed by atoms with van der Waals surface area (Å²) in [6, 6.07) is 12.7. The lowest BCUT2D eigenvalue weighted by molar-refractivity contribution is 0.628. The van der Waals surface area contributed by atoms with Crippen molar-refractivity contribution in [1.29, 1.82) is 0 Å². The van der Waals surface area contributed by atoms with Gasteiger partial charge in [-0.3, -0.25) is 4.79 Å². The molecule has 3 heterocycles. The smallest absolute Gasteiger partial charge is 0.249 e. The van der Waals surface area contributed by atoms with Crippen LogP contribution in [0.5, 0.6) is 0 Å². The standard InChI is InChI=1S/C20H10ClFN4OS/c21-13-7-11(8-15-19(13)23-9-28-15)18-17(10-1-3-12(22)4-2-10)26-20-14(24-18)5-6-16(27)25-20/h1-9H,(H,25,26,27). The van der Waals surface area contributed by atoms with E-state index in [9.17, 15) is 9.18 Å². The van der Waals surface area contributed by atoms with E-state index in [4.69, 9.17) is 16.6 Å². The second kappa shape index (κ2) is 6.47. The first-order valence-corrected chi connectivity index (χ1v) is 9.54. The van der Waals surface area contributed by atoms with Gasteiger partial charge >= 0.3 is 0 Å². The molecule has 28 heavy (non-hydrogen) atoms. The largest absolute Gasteiger partial charge is 0.305 e. The molecule has 0 unspecified atom stereocenters. The fourth-order valence-electron chi connectivity index (χ4n) is 3.04. The first kappa shape index (κ1) is 17.0. The molecule has 0 aliphatic carbocycles. The molecule has 0 bridgehead atoms. The van der Waals surface area contributed by atoms with Crippen molar-refractivity contribution in [1.82, 2.24) is 19.9 Å². The van der Waals surface area contributed by atoms with Crippen molar-refractivity contribution in [2.75, 3.05) is 0 Å². The zero-order valence-corrected chi connectivity index (χ0v) is 15.7. The number of halogens is 2. The van der Waals surface area contributed by atoms with E-state index in [1.165, 1.54) is 29.5 Å². The van der Waals surface area contributed by atoms with Crippen LogP contribution in [0.15, 0.2) is 58.8 Å². The van der Waals surface area contributed by atoms with Crippen LogP contribution in [-0.4, -0.2) is 19.9 Å². The van der Waals surface area contributed by atoms with Gasteiger partial charge in [-0.2, -0.15) is 0 Å². The number of H-pyrrole nitrogens is 1. The van der Waals surface area contributed by atoms with Gasteiger partial charge in [0.15, 0.2) is 5.65 Å². The summed E-state index contributed by atoms with van der Waals surface area (Å²) in [6.07, 6.45) is 0. The van der Waals surface area contributed by atoms with Crippen molar-refractivity contribution in [3.63, 3.8) is 0 Å². The predicted molar refractivity (Wildman–Crippen MR) is 109 cm³/mol. The molecule has 0 amide bonds. The van der Waals surface area contributed by atoms with E-state index in [-0.39, 0.29) is 11.4 Å². The van der Waals surface area contributed by atoms with Gasteiger partial charge in [-0.1, -0.05) is 11.6 Å². The van der Waals surface area contributed by atoms with Crippen molar-refractivity contribution < 1.29 is 4.39 Å². The van der Waals surface area contributed by atoms with Gasteiger partial charge in [0.25, 0.3) is 0 Å². The average molecular weight is 409 g/mol. The van der Waals surface area contributed by atoms with E-state index >= 15 is 0 Å². The van der Waals surface area contributed by atoms with Crippen LogP contribution >= 0.6 is 22.9 Å². The monoisotopic (exact) mass is 408 g/mol. The maximum Gasteiger partial charge on any atom is 0.249 e. The minimum atomic E-state index is -0.346. The molecule has 5 rings (SSSR count). The predicted octanol–water partition coefficient (Wildman–Crippen LogP) is 5.05. The third-order valence-corrected chi connectivity index (χ3v) is 5.40. The van der Waals surface area contributed by atoms with Crippen LogP contribution in [0.2, 0.25) is 5.02 Å². The topological polar surface area (TPSA) is 71.5 Å². The quantitative estimate of drug-likeness (QED) is 0.443. The molecule has 0 fully saturated rings. The minimum Gasteiger partial charge on any atom is -0.305 e. The van der Waals surface area contributed by atoms with E-state index in [0.717, 1.165) is 15.8 Å². The number of thiazole rings is 1. The van der Waals surface area contributed by atoms with Crippen LogP contribution in [0.25, 0.3) is 43.9 Å². The highest BCUT2D eigenvalue weighted by atomic mass is 35.5.